The van der Waals surface area contributed by atoms with Crippen LogP contribution in [0.25, 0.3) is 10.2 Å². The van der Waals surface area contributed by atoms with Gasteiger partial charge in [-0.15, -0.1) is 11.3 Å². The maximum Gasteiger partial charge on any atom is 0.272 e. The van der Waals surface area contributed by atoms with Crippen LogP contribution < -0.4 is 10.9 Å². The van der Waals surface area contributed by atoms with Gasteiger partial charge >= 0.3 is 0 Å². The minimum absolute atomic E-state index is 0.0261. The Hall–Kier alpha value is -2.12. The maximum atomic E-state index is 12.8. The lowest BCUT2D eigenvalue weighted by Crippen LogP contribution is -2.25. The van der Waals surface area contributed by atoms with E-state index in [1.54, 1.807) is 4.57 Å². The number of thiophene rings is 1. The minimum atomic E-state index is -0.101. The van der Waals surface area contributed by atoms with Crippen LogP contribution in [0.3, 0.4) is 0 Å². The predicted octanol–water partition coefficient (Wildman–Crippen LogP) is 4.77. The zero-order valence-corrected chi connectivity index (χ0v) is 18.5. The summed E-state index contributed by atoms with van der Waals surface area (Å²) in [5.41, 5.74) is 4.80. The molecule has 0 saturated heterocycles. The Morgan fingerprint density at radius 3 is 2.57 bits per heavy atom. The molecule has 1 aromatic carbocycles. The minimum Gasteiger partial charge on any atom is -0.325 e. The summed E-state index contributed by atoms with van der Waals surface area (Å²) in [5, 5.41) is 5.48. The van der Waals surface area contributed by atoms with Crippen molar-refractivity contribution < 1.29 is 4.79 Å². The summed E-state index contributed by atoms with van der Waals surface area (Å²) in [6.45, 7) is 10.7. The van der Waals surface area contributed by atoms with Gasteiger partial charge in [-0.2, -0.15) is 0 Å². The molecule has 0 aliphatic heterocycles. The maximum absolute atomic E-state index is 12.8. The van der Waals surface area contributed by atoms with E-state index >= 15 is 0 Å². The van der Waals surface area contributed by atoms with Crippen LogP contribution in [-0.4, -0.2) is 21.2 Å². The first-order chi connectivity index (χ1) is 13.3. The first-order valence-electron chi connectivity index (χ1n) is 9.24. The van der Waals surface area contributed by atoms with Gasteiger partial charge in [0.2, 0.25) is 5.91 Å². The first-order valence-corrected chi connectivity index (χ1v) is 11.1. The Labute approximate surface area is 173 Å². The molecule has 5 nitrogen and oxygen atoms in total. The number of thioether (sulfide) groups is 1. The van der Waals surface area contributed by atoms with Gasteiger partial charge in [-0.05, 0) is 49.3 Å². The fraction of sp³-hybridized carbons (Fsp3) is 0.381. The van der Waals surface area contributed by atoms with Crippen molar-refractivity contribution >= 4 is 44.9 Å². The van der Waals surface area contributed by atoms with E-state index in [4.69, 9.17) is 0 Å². The van der Waals surface area contributed by atoms with Gasteiger partial charge in [0.15, 0.2) is 5.16 Å². The van der Waals surface area contributed by atoms with Crippen LogP contribution >= 0.6 is 23.1 Å². The molecule has 3 aromatic rings. The Morgan fingerprint density at radius 2 is 1.93 bits per heavy atom. The van der Waals surface area contributed by atoms with Gasteiger partial charge in [0.25, 0.3) is 5.56 Å². The van der Waals surface area contributed by atoms with Crippen molar-refractivity contribution in [1.29, 1.82) is 0 Å². The number of nitrogens with zero attached hydrogens (tertiary/aromatic N) is 2. The molecule has 0 radical (unpaired) electrons. The lowest BCUT2D eigenvalue weighted by atomic mass is 10.1. The van der Waals surface area contributed by atoms with Crippen molar-refractivity contribution in [1.82, 2.24) is 9.55 Å². The third-order valence-electron chi connectivity index (χ3n) is 4.35. The topological polar surface area (TPSA) is 64.0 Å². The summed E-state index contributed by atoms with van der Waals surface area (Å²) < 4.78 is 2.37. The van der Waals surface area contributed by atoms with Gasteiger partial charge < -0.3 is 5.32 Å². The fourth-order valence-electron chi connectivity index (χ4n) is 3.24. The number of hydrogen-bond acceptors (Lipinski definition) is 5. The summed E-state index contributed by atoms with van der Waals surface area (Å²) in [6, 6.07) is 5.97. The average molecular weight is 416 g/mol. The number of anilines is 1. The molecule has 0 aliphatic carbocycles. The number of carbonyl (C=O) groups excluding carboxylic acids is 1. The summed E-state index contributed by atoms with van der Waals surface area (Å²) in [4.78, 5) is 30.0. The third-order valence-corrected chi connectivity index (χ3v) is 6.22. The number of benzene rings is 1. The second-order valence-corrected chi connectivity index (χ2v) is 9.31. The van der Waals surface area contributed by atoms with E-state index in [-0.39, 0.29) is 17.2 Å². The SMILES string of the molecule is Cc1cc(C)c(NC(=O)CSc2nc3ccsc3c(=O)n2CC(C)C)c(C)c1. The highest BCUT2D eigenvalue weighted by Gasteiger charge is 2.16. The van der Waals surface area contributed by atoms with Crippen LogP contribution in [0.15, 0.2) is 33.5 Å². The van der Waals surface area contributed by atoms with Crippen molar-refractivity contribution in [3.05, 3.63) is 50.6 Å². The predicted molar refractivity (Wildman–Crippen MR) is 119 cm³/mol. The zero-order valence-electron chi connectivity index (χ0n) is 16.8. The van der Waals surface area contributed by atoms with Crippen molar-refractivity contribution in [3.63, 3.8) is 0 Å². The molecule has 2 heterocycles. The molecule has 1 N–H and O–H groups in total. The van der Waals surface area contributed by atoms with Gasteiger partial charge in [0.1, 0.15) is 4.70 Å². The van der Waals surface area contributed by atoms with Crippen LogP contribution in [-0.2, 0) is 11.3 Å². The van der Waals surface area contributed by atoms with Gasteiger partial charge in [-0.1, -0.05) is 43.3 Å². The molecule has 7 heteroatoms. The molecule has 0 atom stereocenters. The molecule has 0 saturated carbocycles. The molecular weight excluding hydrogens is 390 g/mol. The highest BCUT2D eigenvalue weighted by Crippen LogP contribution is 2.24. The number of fused-ring (bicyclic) bond motifs is 1. The molecule has 0 aliphatic rings. The largest absolute Gasteiger partial charge is 0.325 e. The molecule has 0 unspecified atom stereocenters. The molecule has 2 aromatic heterocycles. The van der Waals surface area contributed by atoms with Crippen LogP contribution in [0.2, 0.25) is 0 Å². The van der Waals surface area contributed by atoms with E-state index < -0.39 is 0 Å². The van der Waals surface area contributed by atoms with E-state index in [1.807, 2.05) is 32.2 Å². The molecule has 0 spiro atoms. The molecule has 3 rings (SSSR count). The summed E-state index contributed by atoms with van der Waals surface area (Å²) >= 11 is 2.72. The van der Waals surface area contributed by atoms with E-state index in [0.717, 1.165) is 16.8 Å². The molecule has 0 fully saturated rings. The fourth-order valence-corrected chi connectivity index (χ4v) is 4.83. The van der Waals surface area contributed by atoms with Crippen molar-refractivity contribution in [2.75, 3.05) is 11.1 Å². The molecule has 1 amide bonds. The van der Waals surface area contributed by atoms with E-state index in [2.05, 4.69) is 36.3 Å². The number of rotatable bonds is 6. The summed E-state index contributed by atoms with van der Waals surface area (Å²) in [5.74, 6) is 0.409. The summed E-state index contributed by atoms with van der Waals surface area (Å²) in [6.07, 6.45) is 0. The van der Waals surface area contributed by atoms with Crippen LogP contribution in [0, 0.1) is 26.7 Å². The van der Waals surface area contributed by atoms with Crippen LogP contribution in [0.1, 0.15) is 30.5 Å². The Kier molecular flexibility index (Phi) is 6.25. The second kappa shape index (κ2) is 8.49. The lowest BCUT2D eigenvalue weighted by Gasteiger charge is -2.15. The van der Waals surface area contributed by atoms with Gasteiger partial charge in [0, 0.05) is 12.2 Å². The van der Waals surface area contributed by atoms with E-state index in [1.165, 1.54) is 28.7 Å². The average Bonchev–Trinajstić information content (AvgIpc) is 3.07. The molecule has 0 bridgehead atoms. The monoisotopic (exact) mass is 415 g/mol. The van der Waals surface area contributed by atoms with Crippen LogP contribution in [0.4, 0.5) is 5.69 Å². The van der Waals surface area contributed by atoms with E-state index in [0.29, 0.717) is 27.8 Å². The van der Waals surface area contributed by atoms with Crippen molar-refractivity contribution in [3.8, 4) is 0 Å². The van der Waals surface area contributed by atoms with Gasteiger partial charge in [-0.3, -0.25) is 14.2 Å². The zero-order chi connectivity index (χ0) is 20.4. The number of hydrogen-bond donors (Lipinski definition) is 1. The number of carbonyl (C=O) groups is 1. The molecular formula is C21H25N3O2S2. The number of aryl methyl sites for hydroxylation is 3. The summed E-state index contributed by atoms with van der Waals surface area (Å²) in [7, 11) is 0. The first kappa shape index (κ1) is 20.6. The standard InChI is InChI=1S/C21H25N3O2S2/c1-12(2)10-24-20(26)19-16(6-7-27-19)22-21(24)28-11-17(25)23-18-14(4)8-13(3)9-15(18)5/h6-9,12H,10-11H2,1-5H3,(H,23,25). The normalized spacial score (nSPS) is 11.4. The third kappa shape index (κ3) is 4.47. The second-order valence-electron chi connectivity index (χ2n) is 7.45. The number of nitrogens with one attached hydrogen (secondary N) is 1. The van der Waals surface area contributed by atoms with Crippen molar-refractivity contribution in [2.45, 2.75) is 46.3 Å². The van der Waals surface area contributed by atoms with Crippen molar-refractivity contribution in [2.24, 2.45) is 5.92 Å². The number of aromatic nitrogens is 2. The van der Waals surface area contributed by atoms with Gasteiger partial charge in [-0.25, -0.2) is 4.98 Å². The smallest absolute Gasteiger partial charge is 0.272 e. The van der Waals surface area contributed by atoms with Gasteiger partial charge in [0.05, 0.1) is 11.3 Å². The highest BCUT2D eigenvalue weighted by molar-refractivity contribution is 7.99. The Morgan fingerprint density at radius 1 is 1.25 bits per heavy atom. The quantitative estimate of drug-likeness (QED) is 0.465. The Balaban J connectivity index is 1.81. The number of amides is 1. The molecule has 148 valence electrons. The highest BCUT2D eigenvalue weighted by atomic mass is 32.2. The van der Waals surface area contributed by atoms with Crippen LogP contribution in [0.5, 0.6) is 0 Å². The van der Waals surface area contributed by atoms with E-state index in [9.17, 15) is 9.59 Å². The lowest BCUT2D eigenvalue weighted by molar-refractivity contribution is -0.113. The Bertz CT molecular complexity index is 1060. The molecule has 28 heavy (non-hydrogen) atoms.